The number of rotatable bonds is 4. The van der Waals surface area contributed by atoms with E-state index in [4.69, 9.17) is 9.26 Å². The molecule has 0 saturated carbocycles. The van der Waals surface area contributed by atoms with Gasteiger partial charge in [0.05, 0.1) is 19.3 Å². The Balaban J connectivity index is 1.82. The number of carbonyl (C=O) groups is 2. The van der Waals surface area contributed by atoms with E-state index in [1.807, 2.05) is 0 Å². The Hall–Kier alpha value is -3.49. The molecular formula is C17H16N4O5. The summed E-state index contributed by atoms with van der Waals surface area (Å²) in [5.74, 6) is 0.156. The lowest BCUT2D eigenvalue weighted by Crippen LogP contribution is -2.47. The van der Waals surface area contributed by atoms with E-state index >= 15 is 0 Å². The molecule has 0 bridgehead atoms. The first kappa shape index (κ1) is 16.0. The van der Waals surface area contributed by atoms with Crippen LogP contribution in [0.4, 0.5) is 4.79 Å². The number of benzene rings is 1. The normalized spacial score (nSPS) is 19.6. The monoisotopic (exact) mass is 356 g/mol. The molecule has 1 aromatic carbocycles. The number of nitrogens with zero attached hydrogens (tertiary/aromatic N) is 2. The molecule has 26 heavy (non-hydrogen) atoms. The fourth-order valence-electron chi connectivity index (χ4n) is 3.15. The summed E-state index contributed by atoms with van der Waals surface area (Å²) in [6, 6.07) is 6.20. The number of methoxy groups -OCH3 is 1. The third-order valence-electron chi connectivity index (χ3n) is 4.47. The van der Waals surface area contributed by atoms with Crippen molar-refractivity contribution in [3.63, 3.8) is 0 Å². The van der Waals surface area contributed by atoms with Gasteiger partial charge in [-0.2, -0.15) is 0 Å². The smallest absolute Gasteiger partial charge is 0.322 e. The highest BCUT2D eigenvalue weighted by Crippen LogP contribution is 2.34. The molecule has 0 unspecified atom stereocenters. The summed E-state index contributed by atoms with van der Waals surface area (Å²) in [7, 11) is 1.54. The van der Waals surface area contributed by atoms with Crippen LogP contribution in [0.3, 0.4) is 0 Å². The zero-order chi connectivity index (χ0) is 18.5. The maximum Gasteiger partial charge on any atom is 0.322 e. The van der Waals surface area contributed by atoms with Gasteiger partial charge in [0.15, 0.2) is 17.2 Å². The molecule has 9 nitrogen and oxygen atoms in total. The third-order valence-corrected chi connectivity index (χ3v) is 4.47. The SMILES string of the molecule is COc1ccc2cn(C[C@@]3(c4cc(C)no4)NC(=O)NC3=O)c(O)c2c1. The number of imide groups is 1. The molecule has 4 rings (SSSR count). The van der Waals surface area contributed by atoms with E-state index in [1.165, 1.54) is 11.7 Å². The molecule has 1 fully saturated rings. The topological polar surface area (TPSA) is 119 Å². The standard InChI is InChI=1S/C17H16N4O5/c1-9-5-13(26-20-9)17(15(23)18-16(24)19-17)8-21-7-10-3-4-11(25-2)6-12(10)14(21)22/h3-7,22H,8H2,1-2H3,(H2,18,19,23,24)/t17-/m0/s1. The van der Waals surface area contributed by atoms with Crippen molar-refractivity contribution in [2.45, 2.75) is 19.0 Å². The average Bonchev–Trinajstić information content (AvgIpc) is 3.26. The molecule has 9 heteroatoms. The predicted molar refractivity (Wildman–Crippen MR) is 89.7 cm³/mol. The van der Waals surface area contributed by atoms with E-state index in [1.54, 1.807) is 37.4 Å². The van der Waals surface area contributed by atoms with Gasteiger partial charge in [-0.25, -0.2) is 4.79 Å². The highest BCUT2D eigenvalue weighted by Gasteiger charge is 2.51. The number of hydrogen-bond acceptors (Lipinski definition) is 6. The van der Waals surface area contributed by atoms with Gasteiger partial charge in [-0.1, -0.05) is 5.16 Å². The Morgan fingerprint density at radius 1 is 1.35 bits per heavy atom. The Morgan fingerprint density at radius 2 is 2.15 bits per heavy atom. The zero-order valence-corrected chi connectivity index (χ0v) is 14.1. The second kappa shape index (κ2) is 5.51. The van der Waals surface area contributed by atoms with Crippen LogP contribution in [0, 0.1) is 6.92 Å². The number of ether oxygens (including phenoxy) is 1. The Morgan fingerprint density at radius 3 is 2.77 bits per heavy atom. The number of hydrogen-bond donors (Lipinski definition) is 3. The molecule has 2 aromatic heterocycles. The predicted octanol–water partition coefficient (Wildman–Crippen LogP) is 1.39. The van der Waals surface area contributed by atoms with E-state index in [2.05, 4.69) is 15.8 Å². The van der Waals surface area contributed by atoms with Crippen molar-refractivity contribution in [3.8, 4) is 11.6 Å². The largest absolute Gasteiger partial charge is 0.497 e. The number of urea groups is 1. The quantitative estimate of drug-likeness (QED) is 0.608. The summed E-state index contributed by atoms with van der Waals surface area (Å²) in [4.78, 5) is 24.3. The maximum atomic E-state index is 12.6. The Kier molecular flexibility index (Phi) is 3.39. The van der Waals surface area contributed by atoms with Crippen LogP contribution >= 0.6 is 0 Å². The lowest BCUT2D eigenvalue weighted by Gasteiger charge is -2.23. The van der Waals surface area contributed by atoms with Gasteiger partial charge in [0, 0.05) is 23.0 Å². The van der Waals surface area contributed by atoms with Crippen molar-refractivity contribution in [1.82, 2.24) is 20.4 Å². The van der Waals surface area contributed by atoms with E-state index in [-0.39, 0.29) is 18.2 Å². The van der Waals surface area contributed by atoms with Crippen molar-refractivity contribution in [2.75, 3.05) is 7.11 Å². The van der Waals surface area contributed by atoms with Crippen molar-refractivity contribution in [3.05, 3.63) is 41.9 Å². The van der Waals surface area contributed by atoms with E-state index < -0.39 is 17.5 Å². The first-order valence-corrected chi connectivity index (χ1v) is 7.86. The van der Waals surface area contributed by atoms with Crippen molar-refractivity contribution >= 4 is 22.7 Å². The molecule has 134 valence electrons. The Labute approximate surface area is 147 Å². The van der Waals surface area contributed by atoms with Gasteiger partial charge in [-0.15, -0.1) is 0 Å². The summed E-state index contributed by atoms with van der Waals surface area (Å²) < 4.78 is 11.9. The average molecular weight is 356 g/mol. The van der Waals surface area contributed by atoms with Gasteiger partial charge in [0.2, 0.25) is 0 Å². The molecule has 1 aliphatic heterocycles. The van der Waals surface area contributed by atoms with Gasteiger partial charge >= 0.3 is 6.03 Å². The van der Waals surface area contributed by atoms with Crippen LogP contribution in [-0.2, 0) is 16.9 Å². The van der Waals surface area contributed by atoms with Gasteiger partial charge in [0.25, 0.3) is 5.91 Å². The minimum atomic E-state index is -1.51. The lowest BCUT2D eigenvalue weighted by molar-refractivity contribution is -0.125. The molecule has 1 aliphatic rings. The number of aromatic nitrogens is 2. The van der Waals surface area contributed by atoms with Gasteiger partial charge in [-0.05, 0) is 25.1 Å². The van der Waals surface area contributed by atoms with Crippen molar-refractivity contribution in [1.29, 1.82) is 0 Å². The van der Waals surface area contributed by atoms with Crippen LogP contribution < -0.4 is 15.4 Å². The van der Waals surface area contributed by atoms with Crippen molar-refractivity contribution in [2.24, 2.45) is 0 Å². The number of nitrogens with one attached hydrogen (secondary N) is 2. The molecule has 3 aromatic rings. The summed E-state index contributed by atoms with van der Waals surface area (Å²) in [6.07, 6.45) is 1.69. The van der Waals surface area contributed by atoms with Crippen LogP contribution in [0.2, 0.25) is 0 Å². The highest BCUT2D eigenvalue weighted by atomic mass is 16.5. The molecule has 3 N–H and O–H groups in total. The fourth-order valence-corrected chi connectivity index (χ4v) is 3.15. The van der Waals surface area contributed by atoms with Crippen LogP contribution in [0.25, 0.3) is 10.8 Å². The van der Waals surface area contributed by atoms with Crippen LogP contribution in [0.5, 0.6) is 11.6 Å². The Bertz CT molecular complexity index is 1040. The van der Waals surface area contributed by atoms with Crippen LogP contribution in [0.1, 0.15) is 11.5 Å². The molecule has 1 saturated heterocycles. The molecule has 3 amide bonds. The summed E-state index contributed by atoms with van der Waals surface area (Å²) in [5, 5.41) is 20.5. The molecular weight excluding hydrogens is 340 g/mol. The number of carbonyl (C=O) groups excluding carboxylic acids is 2. The highest BCUT2D eigenvalue weighted by molar-refractivity contribution is 6.07. The summed E-state index contributed by atoms with van der Waals surface area (Å²) in [6.45, 7) is 1.64. The van der Waals surface area contributed by atoms with Gasteiger partial charge in [-0.3, -0.25) is 10.1 Å². The van der Waals surface area contributed by atoms with E-state index in [0.717, 1.165) is 5.39 Å². The molecule has 0 radical (unpaired) electrons. The van der Waals surface area contributed by atoms with Crippen LogP contribution in [0.15, 0.2) is 35.0 Å². The first-order valence-electron chi connectivity index (χ1n) is 7.86. The molecule has 0 aliphatic carbocycles. The number of aromatic hydroxyl groups is 1. The fraction of sp³-hybridized carbons (Fsp3) is 0.235. The lowest BCUT2D eigenvalue weighted by atomic mass is 9.96. The second-order valence-electron chi connectivity index (χ2n) is 6.18. The number of aryl methyl sites for hydroxylation is 1. The maximum absolute atomic E-state index is 12.6. The number of amides is 3. The van der Waals surface area contributed by atoms with E-state index in [9.17, 15) is 14.7 Å². The van der Waals surface area contributed by atoms with Gasteiger partial charge in [0.1, 0.15) is 5.75 Å². The minimum Gasteiger partial charge on any atom is -0.497 e. The van der Waals surface area contributed by atoms with E-state index in [0.29, 0.717) is 16.8 Å². The summed E-state index contributed by atoms with van der Waals surface area (Å²) >= 11 is 0. The third kappa shape index (κ3) is 2.28. The number of fused-ring (bicyclic) bond motifs is 1. The minimum absolute atomic E-state index is 0.0524. The van der Waals surface area contributed by atoms with Gasteiger partial charge < -0.3 is 24.3 Å². The first-order chi connectivity index (χ1) is 12.4. The zero-order valence-electron chi connectivity index (χ0n) is 14.1. The van der Waals surface area contributed by atoms with Crippen molar-refractivity contribution < 1.29 is 24.0 Å². The molecule has 0 spiro atoms. The summed E-state index contributed by atoms with van der Waals surface area (Å²) in [5.41, 5.74) is -0.936. The van der Waals surface area contributed by atoms with Crippen LogP contribution in [-0.4, -0.2) is 33.9 Å². The molecule has 3 heterocycles. The molecule has 1 atom stereocenters. The second-order valence-corrected chi connectivity index (χ2v) is 6.18.